The standard InChI is InChI=1S/C19H14N4O7S/c1-29-17-9-12(4-7-16(17)30-19(24)18-3-2-8-31-18)11-20-21-14-6-5-13(22(25)26)10-15(14)23(27)28/h2-11,21H,1H3/b20-11+. The summed E-state index contributed by atoms with van der Waals surface area (Å²) in [5, 5.41) is 27.6. The van der Waals surface area contributed by atoms with E-state index in [2.05, 4.69) is 10.5 Å². The van der Waals surface area contributed by atoms with Crippen LogP contribution in [0.5, 0.6) is 11.5 Å². The highest BCUT2D eigenvalue weighted by molar-refractivity contribution is 7.12. The summed E-state index contributed by atoms with van der Waals surface area (Å²) in [6.45, 7) is 0. The van der Waals surface area contributed by atoms with E-state index in [-0.39, 0.29) is 17.2 Å². The monoisotopic (exact) mass is 442 g/mol. The fourth-order valence-corrected chi connectivity index (χ4v) is 3.05. The van der Waals surface area contributed by atoms with Gasteiger partial charge in [-0.2, -0.15) is 5.10 Å². The number of nitrogens with one attached hydrogen (secondary N) is 1. The minimum absolute atomic E-state index is 0.0136. The lowest BCUT2D eigenvalue weighted by atomic mass is 10.2. The number of carbonyl (C=O) groups excluding carboxylic acids is 1. The topological polar surface area (TPSA) is 146 Å². The predicted molar refractivity (Wildman–Crippen MR) is 113 cm³/mol. The van der Waals surface area contributed by atoms with Gasteiger partial charge in [-0.25, -0.2) is 4.79 Å². The maximum atomic E-state index is 12.1. The van der Waals surface area contributed by atoms with Crippen LogP contribution in [-0.4, -0.2) is 29.1 Å². The number of esters is 1. The SMILES string of the molecule is COc1cc(/C=N/Nc2ccc([N+](=O)[O-])cc2[N+](=O)[O-])ccc1OC(=O)c1cccs1. The highest BCUT2D eigenvalue weighted by atomic mass is 32.1. The number of thiophene rings is 1. The maximum absolute atomic E-state index is 12.1. The minimum atomic E-state index is -0.745. The van der Waals surface area contributed by atoms with E-state index in [1.165, 1.54) is 36.8 Å². The fourth-order valence-electron chi connectivity index (χ4n) is 2.45. The zero-order valence-electron chi connectivity index (χ0n) is 15.9. The predicted octanol–water partition coefficient (Wildman–Crippen LogP) is 4.24. The number of nitro groups is 2. The molecule has 0 fully saturated rings. The van der Waals surface area contributed by atoms with Crippen molar-refractivity contribution in [2.75, 3.05) is 12.5 Å². The van der Waals surface area contributed by atoms with Gasteiger partial charge in [0.15, 0.2) is 11.5 Å². The van der Waals surface area contributed by atoms with Crippen LogP contribution < -0.4 is 14.9 Å². The first-order chi connectivity index (χ1) is 14.9. The molecule has 12 heteroatoms. The van der Waals surface area contributed by atoms with Gasteiger partial charge >= 0.3 is 11.7 Å². The molecule has 0 saturated carbocycles. The van der Waals surface area contributed by atoms with Crippen molar-refractivity contribution in [3.63, 3.8) is 0 Å². The average Bonchev–Trinajstić information content (AvgIpc) is 3.29. The molecule has 0 radical (unpaired) electrons. The Labute approximate surface area is 178 Å². The molecule has 3 aromatic rings. The Hall–Kier alpha value is -4.32. The maximum Gasteiger partial charge on any atom is 0.353 e. The molecule has 158 valence electrons. The number of rotatable bonds is 8. The number of ether oxygens (including phenoxy) is 2. The summed E-state index contributed by atoms with van der Waals surface area (Å²) in [6.07, 6.45) is 1.36. The summed E-state index contributed by atoms with van der Waals surface area (Å²) in [5.41, 5.74) is 2.13. The van der Waals surface area contributed by atoms with E-state index in [0.29, 0.717) is 10.4 Å². The summed E-state index contributed by atoms with van der Waals surface area (Å²) in [4.78, 5) is 33.0. The van der Waals surface area contributed by atoms with Crippen LogP contribution in [0.1, 0.15) is 15.2 Å². The van der Waals surface area contributed by atoms with E-state index in [1.807, 2.05) is 0 Å². The molecule has 0 aliphatic carbocycles. The number of anilines is 1. The zero-order valence-corrected chi connectivity index (χ0v) is 16.7. The summed E-state index contributed by atoms with van der Waals surface area (Å²) in [7, 11) is 1.41. The molecule has 3 rings (SSSR count). The van der Waals surface area contributed by atoms with Gasteiger partial charge in [-0.05, 0) is 41.3 Å². The van der Waals surface area contributed by atoms with E-state index in [9.17, 15) is 25.0 Å². The quantitative estimate of drug-likeness (QED) is 0.179. The van der Waals surface area contributed by atoms with Crippen LogP contribution in [0.25, 0.3) is 0 Å². The highest BCUT2D eigenvalue weighted by Gasteiger charge is 2.19. The molecule has 31 heavy (non-hydrogen) atoms. The Kier molecular flexibility index (Phi) is 6.52. The number of hydrogen-bond donors (Lipinski definition) is 1. The van der Waals surface area contributed by atoms with Crippen molar-refractivity contribution in [3.05, 3.63) is 84.6 Å². The van der Waals surface area contributed by atoms with Crippen molar-refractivity contribution in [3.8, 4) is 11.5 Å². The molecule has 0 saturated heterocycles. The number of hydrazone groups is 1. The Balaban J connectivity index is 1.75. The number of nitrogens with zero attached hydrogens (tertiary/aromatic N) is 3. The third-order valence-corrected chi connectivity index (χ3v) is 4.75. The number of nitro benzene ring substituents is 2. The first-order valence-corrected chi connectivity index (χ1v) is 9.42. The van der Waals surface area contributed by atoms with Crippen LogP contribution in [0.2, 0.25) is 0 Å². The molecule has 0 spiro atoms. The van der Waals surface area contributed by atoms with Crippen molar-refractivity contribution in [1.82, 2.24) is 0 Å². The lowest BCUT2D eigenvalue weighted by Crippen LogP contribution is -2.07. The van der Waals surface area contributed by atoms with Gasteiger partial charge in [0.25, 0.3) is 5.69 Å². The summed E-state index contributed by atoms with van der Waals surface area (Å²) < 4.78 is 10.6. The first-order valence-electron chi connectivity index (χ1n) is 8.54. The largest absolute Gasteiger partial charge is 0.493 e. The van der Waals surface area contributed by atoms with Crippen molar-refractivity contribution in [2.45, 2.75) is 0 Å². The minimum Gasteiger partial charge on any atom is -0.493 e. The van der Waals surface area contributed by atoms with E-state index < -0.39 is 27.2 Å². The van der Waals surface area contributed by atoms with Crippen molar-refractivity contribution < 1.29 is 24.1 Å². The van der Waals surface area contributed by atoms with Crippen molar-refractivity contribution in [1.29, 1.82) is 0 Å². The first kappa shape index (κ1) is 21.4. The fraction of sp³-hybridized carbons (Fsp3) is 0.0526. The van der Waals surface area contributed by atoms with Gasteiger partial charge in [-0.3, -0.25) is 25.7 Å². The average molecular weight is 442 g/mol. The Morgan fingerprint density at radius 2 is 1.90 bits per heavy atom. The van der Waals surface area contributed by atoms with Crippen LogP contribution in [0.3, 0.4) is 0 Å². The summed E-state index contributed by atoms with van der Waals surface area (Å²) in [5.74, 6) is -0.00551. The second-order valence-electron chi connectivity index (χ2n) is 5.86. The molecule has 11 nitrogen and oxygen atoms in total. The zero-order chi connectivity index (χ0) is 22.4. The van der Waals surface area contributed by atoms with Crippen LogP contribution >= 0.6 is 11.3 Å². The molecule has 2 aromatic carbocycles. The van der Waals surface area contributed by atoms with E-state index in [0.717, 1.165) is 12.1 Å². The van der Waals surface area contributed by atoms with Crippen LogP contribution in [-0.2, 0) is 0 Å². The van der Waals surface area contributed by atoms with Gasteiger partial charge in [0.2, 0.25) is 0 Å². The number of hydrogen-bond acceptors (Lipinski definition) is 10. The number of benzene rings is 2. The Morgan fingerprint density at radius 3 is 2.55 bits per heavy atom. The molecule has 0 unspecified atom stereocenters. The third-order valence-electron chi connectivity index (χ3n) is 3.90. The van der Waals surface area contributed by atoms with Gasteiger partial charge in [-0.1, -0.05) is 6.07 Å². The number of methoxy groups -OCH3 is 1. The van der Waals surface area contributed by atoms with Gasteiger partial charge in [0.05, 0.1) is 29.2 Å². The number of carbonyl (C=O) groups is 1. The van der Waals surface area contributed by atoms with E-state index >= 15 is 0 Å². The van der Waals surface area contributed by atoms with Gasteiger partial charge in [0, 0.05) is 6.07 Å². The van der Waals surface area contributed by atoms with Crippen LogP contribution in [0.15, 0.2) is 59.0 Å². The summed E-state index contributed by atoms with van der Waals surface area (Å²) in [6, 6.07) is 11.2. The smallest absolute Gasteiger partial charge is 0.353 e. The molecule has 0 atom stereocenters. The molecular weight excluding hydrogens is 428 g/mol. The van der Waals surface area contributed by atoms with E-state index in [1.54, 1.807) is 29.6 Å². The molecule has 0 aliphatic rings. The molecule has 1 heterocycles. The summed E-state index contributed by atoms with van der Waals surface area (Å²) >= 11 is 1.25. The molecular formula is C19H14N4O7S. The highest BCUT2D eigenvalue weighted by Crippen LogP contribution is 2.30. The van der Waals surface area contributed by atoms with Gasteiger partial charge < -0.3 is 9.47 Å². The molecule has 1 aromatic heterocycles. The second kappa shape index (κ2) is 9.45. The molecule has 0 aliphatic heterocycles. The Morgan fingerprint density at radius 1 is 1.10 bits per heavy atom. The van der Waals surface area contributed by atoms with Gasteiger partial charge in [-0.15, -0.1) is 11.3 Å². The van der Waals surface area contributed by atoms with Crippen LogP contribution in [0, 0.1) is 20.2 Å². The second-order valence-corrected chi connectivity index (χ2v) is 6.81. The molecule has 0 bridgehead atoms. The molecule has 1 N–H and O–H groups in total. The molecule has 0 amide bonds. The Bertz CT molecular complexity index is 1160. The lowest BCUT2D eigenvalue weighted by Gasteiger charge is -2.09. The van der Waals surface area contributed by atoms with Crippen molar-refractivity contribution in [2.24, 2.45) is 5.10 Å². The third kappa shape index (κ3) is 5.19. The van der Waals surface area contributed by atoms with Gasteiger partial charge in [0.1, 0.15) is 10.6 Å². The van der Waals surface area contributed by atoms with Crippen LogP contribution in [0.4, 0.5) is 17.1 Å². The van der Waals surface area contributed by atoms with Crippen molar-refractivity contribution >= 4 is 40.6 Å². The van der Waals surface area contributed by atoms with E-state index in [4.69, 9.17) is 9.47 Å². The normalized spacial score (nSPS) is 10.6. The number of non-ortho nitro benzene ring substituents is 1. The lowest BCUT2D eigenvalue weighted by molar-refractivity contribution is -0.393.